The van der Waals surface area contributed by atoms with E-state index in [4.69, 9.17) is 0 Å². The maximum atomic E-state index is 13.0. The van der Waals surface area contributed by atoms with E-state index in [1.807, 2.05) is 5.38 Å². The number of carbonyl (C=O) groups excluding carboxylic acids is 1. The highest BCUT2D eigenvalue weighted by Crippen LogP contribution is 2.39. The molecule has 0 bridgehead atoms. The van der Waals surface area contributed by atoms with Crippen molar-refractivity contribution in [2.45, 2.75) is 83.7 Å². The predicted octanol–water partition coefficient (Wildman–Crippen LogP) is 5.28. The SMILES string of the molecule is CC1(C)CCC(N(C(=O)Nc2nccs2)C2CCCCC2)CC1. The number of anilines is 1. The van der Waals surface area contributed by atoms with Gasteiger partial charge in [-0.15, -0.1) is 11.3 Å². The van der Waals surface area contributed by atoms with Gasteiger partial charge in [-0.3, -0.25) is 5.32 Å². The fourth-order valence-corrected chi connectivity index (χ4v) is 4.61. The zero-order chi connectivity index (χ0) is 16.3. The summed E-state index contributed by atoms with van der Waals surface area (Å²) >= 11 is 1.49. The summed E-state index contributed by atoms with van der Waals surface area (Å²) in [4.78, 5) is 19.4. The van der Waals surface area contributed by atoms with Gasteiger partial charge in [-0.2, -0.15) is 0 Å². The van der Waals surface area contributed by atoms with Crippen molar-refractivity contribution in [3.8, 4) is 0 Å². The van der Waals surface area contributed by atoms with Crippen LogP contribution in [-0.4, -0.2) is 28.0 Å². The van der Waals surface area contributed by atoms with Gasteiger partial charge in [0.25, 0.3) is 0 Å². The molecule has 0 spiro atoms. The average molecular weight is 336 g/mol. The van der Waals surface area contributed by atoms with Crippen molar-refractivity contribution >= 4 is 22.5 Å². The lowest BCUT2D eigenvalue weighted by Gasteiger charge is -2.44. The second-order valence-electron chi connectivity index (χ2n) is 7.86. The van der Waals surface area contributed by atoms with Gasteiger partial charge in [0.2, 0.25) is 0 Å². The highest BCUT2D eigenvalue weighted by atomic mass is 32.1. The molecule has 2 aliphatic carbocycles. The summed E-state index contributed by atoms with van der Waals surface area (Å²) < 4.78 is 0. The van der Waals surface area contributed by atoms with Gasteiger partial charge in [-0.25, -0.2) is 9.78 Å². The Bertz CT molecular complexity index is 498. The third-order valence-corrected chi connectivity index (χ3v) is 6.24. The molecule has 2 saturated carbocycles. The van der Waals surface area contributed by atoms with Crippen LogP contribution in [0.5, 0.6) is 0 Å². The summed E-state index contributed by atoms with van der Waals surface area (Å²) in [6, 6.07) is 0.873. The van der Waals surface area contributed by atoms with Crippen molar-refractivity contribution < 1.29 is 4.79 Å². The fraction of sp³-hybridized carbons (Fsp3) is 0.778. The number of amides is 2. The Morgan fingerprint density at radius 1 is 1.17 bits per heavy atom. The van der Waals surface area contributed by atoms with Crippen LogP contribution in [-0.2, 0) is 0 Å². The first-order valence-electron chi connectivity index (χ1n) is 9.04. The van der Waals surface area contributed by atoms with Crippen LogP contribution in [0.15, 0.2) is 11.6 Å². The van der Waals surface area contributed by atoms with Crippen LogP contribution in [0.1, 0.15) is 71.6 Å². The summed E-state index contributed by atoms with van der Waals surface area (Å²) in [5, 5.41) is 5.65. The monoisotopic (exact) mass is 335 g/mol. The molecule has 0 saturated heterocycles. The molecule has 1 heterocycles. The molecule has 0 atom stereocenters. The number of aromatic nitrogens is 1. The lowest BCUT2D eigenvalue weighted by molar-refractivity contribution is 0.0859. The number of hydrogen-bond acceptors (Lipinski definition) is 3. The Hall–Kier alpha value is -1.10. The van der Waals surface area contributed by atoms with Gasteiger partial charge in [0.05, 0.1) is 0 Å². The predicted molar refractivity (Wildman–Crippen MR) is 95.9 cm³/mol. The van der Waals surface area contributed by atoms with Crippen molar-refractivity contribution in [3.05, 3.63) is 11.6 Å². The average Bonchev–Trinajstić information content (AvgIpc) is 3.03. The lowest BCUT2D eigenvalue weighted by Crippen LogP contribution is -2.51. The molecule has 3 rings (SSSR count). The molecule has 2 fully saturated rings. The number of nitrogens with zero attached hydrogens (tertiary/aromatic N) is 2. The third kappa shape index (κ3) is 4.25. The number of urea groups is 1. The number of thiazole rings is 1. The van der Waals surface area contributed by atoms with Gasteiger partial charge in [0.1, 0.15) is 0 Å². The standard InChI is InChI=1S/C18H29N3OS/c1-18(2)10-8-15(9-11-18)21(14-6-4-3-5-7-14)17(22)20-16-19-12-13-23-16/h12-15H,3-11H2,1-2H3,(H,19,20,22). The molecule has 2 amide bonds. The van der Waals surface area contributed by atoms with Crippen molar-refractivity contribution in [3.63, 3.8) is 0 Å². The fourth-order valence-electron chi connectivity index (χ4n) is 4.09. The van der Waals surface area contributed by atoms with Crippen molar-refractivity contribution in [1.82, 2.24) is 9.88 Å². The molecule has 0 aromatic carbocycles. The van der Waals surface area contributed by atoms with Crippen LogP contribution < -0.4 is 5.32 Å². The van der Waals surface area contributed by atoms with E-state index in [-0.39, 0.29) is 6.03 Å². The van der Waals surface area contributed by atoms with Crippen molar-refractivity contribution in [2.24, 2.45) is 5.41 Å². The van der Waals surface area contributed by atoms with Crippen LogP contribution in [0.3, 0.4) is 0 Å². The van der Waals surface area contributed by atoms with Gasteiger partial charge in [-0.05, 0) is 43.9 Å². The quantitative estimate of drug-likeness (QED) is 0.817. The summed E-state index contributed by atoms with van der Waals surface area (Å²) in [5.41, 5.74) is 0.431. The summed E-state index contributed by atoms with van der Waals surface area (Å²) in [6.07, 6.45) is 12.6. The smallest absolute Gasteiger partial charge is 0.319 e. The first-order chi connectivity index (χ1) is 11.1. The third-order valence-electron chi connectivity index (χ3n) is 5.55. The van der Waals surface area contributed by atoms with E-state index in [0.717, 1.165) is 25.7 Å². The molecule has 1 aromatic rings. The molecular weight excluding hydrogens is 306 g/mol. The number of hydrogen-bond donors (Lipinski definition) is 1. The Morgan fingerprint density at radius 3 is 2.43 bits per heavy atom. The molecule has 0 radical (unpaired) electrons. The zero-order valence-electron chi connectivity index (χ0n) is 14.4. The largest absolute Gasteiger partial charge is 0.324 e. The normalized spacial score (nSPS) is 22.7. The minimum absolute atomic E-state index is 0.0663. The van der Waals surface area contributed by atoms with Gasteiger partial charge in [0.15, 0.2) is 5.13 Å². The van der Waals surface area contributed by atoms with Crippen LogP contribution >= 0.6 is 11.3 Å². The molecule has 4 nitrogen and oxygen atoms in total. The summed E-state index contributed by atoms with van der Waals surface area (Å²) in [7, 11) is 0. The first-order valence-corrected chi connectivity index (χ1v) is 9.92. The molecular formula is C18H29N3OS. The lowest BCUT2D eigenvalue weighted by atomic mass is 9.75. The van der Waals surface area contributed by atoms with Crippen molar-refractivity contribution in [1.29, 1.82) is 0 Å². The molecule has 1 N–H and O–H groups in total. The van der Waals surface area contributed by atoms with E-state index in [1.165, 1.54) is 43.4 Å². The molecule has 0 unspecified atom stereocenters. The Morgan fingerprint density at radius 2 is 1.83 bits per heavy atom. The highest BCUT2D eigenvalue weighted by molar-refractivity contribution is 7.13. The molecule has 23 heavy (non-hydrogen) atoms. The van der Waals surface area contributed by atoms with E-state index in [2.05, 4.69) is 29.0 Å². The summed E-state index contributed by atoms with van der Waals surface area (Å²) in [6.45, 7) is 4.70. The Kier molecular flexibility index (Phi) is 5.24. The van der Waals surface area contributed by atoms with E-state index < -0.39 is 0 Å². The van der Waals surface area contributed by atoms with Gasteiger partial charge >= 0.3 is 6.03 Å². The second kappa shape index (κ2) is 7.20. The van der Waals surface area contributed by atoms with Gasteiger partial charge in [0, 0.05) is 23.7 Å². The Balaban J connectivity index is 1.71. The van der Waals surface area contributed by atoms with Gasteiger partial charge in [-0.1, -0.05) is 33.1 Å². The molecule has 128 valence electrons. The van der Waals surface area contributed by atoms with Crippen LogP contribution in [0.4, 0.5) is 9.93 Å². The minimum atomic E-state index is 0.0663. The zero-order valence-corrected chi connectivity index (χ0v) is 15.2. The number of nitrogens with one attached hydrogen (secondary N) is 1. The highest BCUT2D eigenvalue weighted by Gasteiger charge is 2.36. The van der Waals surface area contributed by atoms with Crippen molar-refractivity contribution in [2.75, 3.05) is 5.32 Å². The first kappa shape index (κ1) is 16.7. The van der Waals surface area contributed by atoms with Crippen LogP contribution in [0.2, 0.25) is 0 Å². The number of carbonyl (C=O) groups is 1. The van der Waals surface area contributed by atoms with E-state index in [9.17, 15) is 4.79 Å². The number of rotatable bonds is 3. The van der Waals surface area contributed by atoms with E-state index >= 15 is 0 Å². The molecule has 2 aliphatic rings. The maximum Gasteiger partial charge on any atom is 0.324 e. The molecule has 1 aromatic heterocycles. The van der Waals surface area contributed by atoms with Gasteiger partial charge < -0.3 is 4.90 Å². The van der Waals surface area contributed by atoms with E-state index in [1.54, 1.807) is 6.20 Å². The second-order valence-corrected chi connectivity index (χ2v) is 8.76. The van der Waals surface area contributed by atoms with E-state index in [0.29, 0.717) is 22.6 Å². The van der Waals surface area contributed by atoms with Crippen LogP contribution in [0.25, 0.3) is 0 Å². The minimum Gasteiger partial charge on any atom is -0.319 e. The Labute approximate surface area is 143 Å². The van der Waals surface area contributed by atoms with Crippen LogP contribution in [0, 0.1) is 5.41 Å². The topological polar surface area (TPSA) is 45.2 Å². The molecule has 5 heteroatoms. The maximum absolute atomic E-state index is 13.0. The summed E-state index contributed by atoms with van der Waals surface area (Å²) in [5.74, 6) is 0. The molecule has 0 aliphatic heterocycles.